The summed E-state index contributed by atoms with van der Waals surface area (Å²) < 4.78 is 0. The van der Waals surface area contributed by atoms with Gasteiger partial charge in [0.1, 0.15) is 5.75 Å². The Hall–Kier alpha value is -1.91. The summed E-state index contributed by atoms with van der Waals surface area (Å²) >= 11 is 0. The highest BCUT2D eigenvalue weighted by molar-refractivity contribution is 5.98. The van der Waals surface area contributed by atoms with E-state index in [4.69, 9.17) is 0 Å². The van der Waals surface area contributed by atoms with E-state index in [0.717, 1.165) is 6.07 Å². The number of hydrogen-bond acceptors (Lipinski definition) is 4. The van der Waals surface area contributed by atoms with E-state index in [0.29, 0.717) is 5.56 Å². The fourth-order valence-corrected chi connectivity index (χ4v) is 1.56. The molecule has 0 aromatic heterocycles. The van der Waals surface area contributed by atoms with Gasteiger partial charge in [0, 0.05) is 17.7 Å². The second-order valence-electron chi connectivity index (χ2n) is 4.95. The summed E-state index contributed by atoms with van der Waals surface area (Å²) in [6, 6.07) is 2.41. The van der Waals surface area contributed by atoms with Crippen LogP contribution in [-0.4, -0.2) is 15.8 Å². The molecule has 5 nitrogen and oxygen atoms in total. The second kappa shape index (κ2) is 4.16. The molecule has 1 rings (SSSR count). The van der Waals surface area contributed by atoms with E-state index in [2.05, 4.69) is 0 Å². The van der Waals surface area contributed by atoms with Crippen LogP contribution in [0.15, 0.2) is 12.1 Å². The lowest BCUT2D eigenvalue weighted by atomic mass is 9.84. The Morgan fingerprint density at radius 3 is 2.24 bits per heavy atom. The third-order valence-electron chi connectivity index (χ3n) is 2.49. The van der Waals surface area contributed by atoms with Crippen LogP contribution >= 0.6 is 0 Å². The van der Waals surface area contributed by atoms with Crippen molar-refractivity contribution in [3.05, 3.63) is 33.4 Å². The van der Waals surface area contributed by atoms with Crippen molar-refractivity contribution >= 4 is 11.5 Å². The van der Waals surface area contributed by atoms with Crippen LogP contribution in [0.3, 0.4) is 0 Å². The van der Waals surface area contributed by atoms with Crippen molar-refractivity contribution in [2.45, 2.75) is 33.1 Å². The fraction of sp³-hybridized carbons (Fsp3) is 0.417. The summed E-state index contributed by atoms with van der Waals surface area (Å²) in [6.07, 6.45) is 0. The molecule has 0 heterocycles. The quantitative estimate of drug-likeness (QED) is 0.487. The first-order chi connectivity index (χ1) is 7.64. The first-order valence-electron chi connectivity index (χ1n) is 5.17. The molecule has 0 spiro atoms. The summed E-state index contributed by atoms with van der Waals surface area (Å²) in [5.74, 6) is -0.563. The van der Waals surface area contributed by atoms with Gasteiger partial charge in [0.15, 0.2) is 5.78 Å². The molecule has 0 aliphatic carbocycles. The number of nitro benzene ring substituents is 1. The molecule has 0 fully saturated rings. The molecule has 92 valence electrons. The van der Waals surface area contributed by atoms with Crippen molar-refractivity contribution in [2.24, 2.45) is 0 Å². The van der Waals surface area contributed by atoms with Gasteiger partial charge in [-0.2, -0.15) is 0 Å². The molecule has 17 heavy (non-hydrogen) atoms. The van der Waals surface area contributed by atoms with Crippen LogP contribution in [0.2, 0.25) is 0 Å². The third-order valence-corrected chi connectivity index (χ3v) is 2.49. The van der Waals surface area contributed by atoms with Gasteiger partial charge in [0.05, 0.1) is 10.5 Å². The van der Waals surface area contributed by atoms with E-state index in [1.165, 1.54) is 13.0 Å². The van der Waals surface area contributed by atoms with Gasteiger partial charge in [-0.05, 0) is 12.3 Å². The van der Waals surface area contributed by atoms with Crippen molar-refractivity contribution < 1.29 is 14.8 Å². The predicted molar refractivity (Wildman–Crippen MR) is 63.5 cm³/mol. The van der Waals surface area contributed by atoms with E-state index in [-0.39, 0.29) is 17.0 Å². The topological polar surface area (TPSA) is 80.4 Å². The first kappa shape index (κ1) is 13.2. The minimum Gasteiger partial charge on any atom is -0.507 e. The van der Waals surface area contributed by atoms with Crippen LogP contribution in [-0.2, 0) is 5.41 Å². The van der Waals surface area contributed by atoms with Crippen LogP contribution in [0, 0.1) is 10.1 Å². The molecule has 0 aliphatic heterocycles. The first-order valence-corrected chi connectivity index (χ1v) is 5.17. The molecule has 1 N–H and O–H groups in total. The standard InChI is InChI=1S/C12H15NO4/c1-7(14)9-5-8(13(16)17)6-10(11(9)15)12(2,3)4/h5-6,15H,1-4H3. The number of aromatic hydroxyl groups is 1. The van der Waals surface area contributed by atoms with E-state index >= 15 is 0 Å². The molecule has 1 aromatic carbocycles. The van der Waals surface area contributed by atoms with E-state index < -0.39 is 16.1 Å². The summed E-state index contributed by atoms with van der Waals surface area (Å²) in [6.45, 7) is 6.71. The lowest BCUT2D eigenvalue weighted by molar-refractivity contribution is -0.385. The molecule has 0 bridgehead atoms. The maximum Gasteiger partial charge on any atom is 0.270 e. The Kier molecular flexibility index (Phi) is 3.22. The van der Waals surface area contributed by atoms with Crippen molar-refractivity contribution in [1.29, 1.82) is 0 Å². The highest BCUT2D eigenvalue weighted by Gasteiger charge is 2.25. The number of benzene rings is 1. The van der Waals surface area contributed by atoms with Gasteiger partial charge in [0.2, 0.25) is 0 Å². The predicted octanol–water partition coefficient (Wildman–Crippen LogP) is 2.80. The van der Waals surface area contributed by atoms with Gasteiger partial charge in [-0.25, -0.2) is 0 Å². The lowest BCUT2D eigenvalue weighted by Crippen LogP contribution is -2.13. The number of carbonyl (C=O) groups excluding carboxylic acids is 1. The molecular formula is C12H15NO4. The Morgan fingerprint density at radius 1 is 1.35 bits per heavy atom. The largest absolute Gasteiger partial charge is 0.507 e. The Balaban J connectivity index is 3.60. The number of non-ortho nitro benzene ring substituents is 1. The van der Waals surface area contributed by atoms with Crippen LogP contribution in [0.4, 0.5) is 5.69 Å². The molecule has 0 radical (unpaired) electrons. The van der Waals surface area contributed by atoms with Crippen LogP contribution in [0.25, 0.3) is 0 Å². The number of nitro groups is 1. The van der Waals surface area contributed by atoms with Crippen LogP contribution < -0.4 is 0 Å². The molecule has 0 saturated carbocycles. The molecule has 5 heteroatoms. The molecule has 0 unspecified atom stereocenters. The van der Waals surface area contributed by atoms with Crippen molar-refractivity contribution in [3.63, 3.8) is 0 Å². The van der Waals surface area contributed by atoms with Crippen LogP contribution in [0.5, 0.6) is 5.75 Å². The lowest BCUT2D eigenvalue weighted by Gasteiger charge is -2.21. The summed E-state index contributed by atoms with van der Waals surface area (Å²) in [4.78, 5) is 21.5. The maximum atomic E-state index is 11.3. The van der Waals surface area contributed by atoms with E-state index in [9.17, 15) is 20.0 Å². The molecule has 0 saturated heterocycles. The molecule has 0 aliphatic rings. The molecule has 0 amide bonds. The zero-order valence-corrected chi connectivity index (χ0v) is 10.3. The van der Waals surface area contributed by atoms with Crippen molar-refractivity contribution in [2.75, 3.05) is 0 Å². The maximum absolute atomic E-state index is 11.3. The number of hydrogen-bond donors (Lipinski definition) is 1. The zero-order chi connectivity index (χ0) is 13.4. The number of Topliss-reactive ketones (excluding diaryl/α,β-unsaturated/α-hetero) is 1. The van der Waals surface area contributed by atoms with Gasteiger partial charge in [-0.1, -0.05) is 20.8 Å². The van der Waals surface area contributed by atoms with Crippen LogP contribution in [0.1, 0.15) is 43.6 Å². The Bertz CT molecular complexity index is 486. The number of rotatable bonds is 2. The van der Waals surface area contributed by atoms with E-state index in [1.54, 1.807) is 0 Å². The van der Waals surface area contributed by atoms with Gasteiger partial charge in [0.25, 0.3) is 5.69 Å². The van der Waals surface area contributed by atoms with Gasteiger partial charge in [-0.15, -0.1) is 0 Å². The van der Waals surface area contributed by atoms with Crippen molar-refractivity contribution in [1.82, 2.24) is 0 Å². The highest BCUT2D eigenvalue weighted by atomic mass is 16.6. The monoisotopic (exact) mass is 237 g/mol. The van der Waals surface area contributed by atoms with Crippen molar-refractivity contribution in [3.8, 4) is 5.75 Å². The minimum atomic E-state index is -0.568. The Morgan fingerprint density at radius 2 is 1.88 bits per heavy atom. The average Bonchev–Trinajstić information content (AvgIpc) is 2.15. The van der Waals surface area contributed by atoms with Gasteiger partial charge >= 0.3 is 0 Å². The average molecular weight is 237 g/mol. The second-order valence-corrected chi connectivity index (χ2v) is 4.95. The van der Waals surface area contributed by atoms with Gasteiger partial charge < -0.3 is 5.11 Å². The number of carbonyl (C=O) groups is 1. The molecular weight excluding hydrogens is 222 g/mol. The smallest absolute Gasteiger partial charge is 0.270 e. The summed E-state index contributed by atoms with van der Waals surface area (Å²) in [5, 5.41) is 20.7. The SMILES string of the molecule is CC(=O)c1cc([N+](=O)[O-])cc(C(C)(C)C)c1O. The molecule has 0 atom stereocenters. The normalized spacial score (nSPS) is 11.3. The minimum absolute atomic E-state index is 0.0101. The number of phenols is 1. The number of ketones is 1. The third kappa shape index (κ3) is 2.61. The molecule has 1 aromatic rings. The fourth-order valence-electron chi connectivity index (χ4n) is 1.56. The zero-order valence-electron chi connectivity index (χ0n) is 10.3. The number of nitrogens with zero attached hydrogens (tertiary/aromatic N) is 1. The summed E-state index contributed by atoms with van der Waals surface area (Å²) in [5.41, 5.74) is -0.265. The Labute approximate surface area is 99.2 Å². The summed E-state index contributed by atoms with van der Waals surface area (Å²) in [7, 11) is 0. The number of phenolic OH excluding ortho intramolecular Hbond substituents is 1. The van der Waals surface area contributed by atoms with E-state index in [1.807, 2.05) is 20.8 Å². The van der Waals surface area contributed by atoms with Gasteiger partial charge in [-0.3, -0.25) is 14.9 Å². The highest BCUT2D eigenvalue weighted by Crippen LogP contribution is 2.36.